The molecule has 0 aliphatic heterocycles. The number of rotatable bonds is 7. The lowest BCUT2D eigenvalue weighted by Gasteiger charge is -2.12. The van der Waals surface area contributed by atoms with Gasteiger partial charge in [-0.05, 0) is 19.1 Å². The average Bonchev–Trinajstić information content (AvgIpc) is 3.02. The molecule has 0 amide bonds. The molecule has 2 rings (SSSR count). The Kier molecular flexibility index (Phi) is 5.83. The molecule has 7 heteroatoms. The van der Waals surface area contributed by atoms with Crippen molar-refractivity contribution in [2.75, 3.05) is 21.3 Å². The van der Waals surface area contributed by atoms with E-state index in [4.69, 9.17) is 23.5 Å². The van der Waals surface area contributed by atoms with Crippen LogP contribution in [-0.4, -0.2) is 32.5 Å². The van der Waals surface area contributed by atoms with Crippen LogP contribution in [0.25, 0.3) is 6.08 Å². The fourth-order valence-corrected chi connectivity index (χ4v) is 2.02. The van der Waals surface area contributed by atoms with E-state index in [1.54, 1.807) is 31.2 Å². The Balaban J connectivity index is 2.08. The summed E-state index contributed by atoms with van der Waals surface area (Å²) in [7, 11) is 4.60. The molecular formula is C17H19NO6. The van der Waals surface area contributed by atoms with Gasteiger partial charge in [0.2, 0.25) is 0 Å². The maximum absolute atomic E-state index is 11.8. The number of nitrogens with zero attached hydrogens (tertiary/aromatic N) is 1. The predicted octanol–water partition coefficient (Wildman–Crippen LogP) is 2.77. The zero-order valence-corrected chi connectivity index (χ0v) is 14.0. The first kappa shape index (κ1) is 17.4. The summed E-state index contributed by atoms with van der Waals surface area (Å²) in [6, 6.07) is 5.09. The highest BCUT2D eigenvalue weighted by atomic mass is 16.5. The molecule has 0 saturated carbocycles. The van der Waals surface area contributed by atoms with Gasteiger partial charge in [0.05, 0.1) is 27.0 Å². The molecule has 2 aromatic rings. The number of aryl methyl sites for hydroxylation is 1. The second kappa shape index (κ2) is 8.05. The number of benzene rings is 1. The Labute approximate surface area is 139 Å². The lowest BCUT2D eigenvalue weighted by Crippen LogP contribution is -2.00. The molecule has 0 bridgehead atoms. The molecule has 0 N–H and O–H groups in total. The van der Waals surface area contributed by atoms with Crippen LogP contribution in [0.3, 0.4) is 0 Å². The first-order chi connectivity index (χ1) is 11.6. The average molecular weight is 333 g/mol. The minimum atomic E-state index is -0.513. The van der Waals surface area contributed by atoms with Gasteiger partial charge in [-0.1, -0.05) is 5.16 Å². The molecule has 1 aromatic heterocycles. The molecule has 7 nitrogen and oxygen atoms in total. The van der Waals surface area contributed by atoms with E-state index in [1.165, 1.54) is 27.4 Å². The van der Waals surface area contributed by atoms with E-state index < -0.39 is 5.97 Å². The maximum Gasteiger partial charge on any atom is 0.331 e. The molecule has 0 aliphatic rings. The normalized spacial score (nSPS) is 10.7. The molecule has 0 spiro atoms. The van der Waals surface area contributed by atoms with Crippen molar-refractivity contribution in [1.82, 2.24) is 5.16 Å². The van der Waals surface area contributed by atoms with Crippen molar-refractivity contribution in [3.05, 3.63) is 41.3 Å². The van der Waals surface area contributed by atoms with Gasteiger partial charge in [-0.25, -0.2) is 4.79 Å². The molecule has 0 radical (unpaired) electrons. The summed E-state index contributed by atoms with van der Waals surface area (Å²) in [6.45, 7) is 1.81. The molecule has 1 heterocycles. The summed E-state index contributed by atoms with van der Waals surface area (Å²) in [6.07, 6.45) is 2.88. The number of carbonyl (C=O) groups is 1. The summed E-state index contributed by atoms with van der Waals surface area (Å²) in [4.78, 5) is 11.8. The molecule has 0 atom stereocenters. The topological polar surface area (TPSA) is 80.0 Å². The van der Waals surface area contributed by atoms with Crippen LogP contribution in [0.2, 0.25) is 0 Å². The lowest BCUT2D eigenvalue weighted by atomic mass is 10.1. The van der Waals surface area contributed by atoms with Crippen LogP contribution in [0.15, 0.2) is 28.8 Å². The molecule has 0 fully saturated rings. The van der Waals surface area contributed by atoms with Crippen molar-refractivity contribution in [3.63, 3.8) is 0 Å². The number of esters is 1. The van der Waals surface area contributed by atoms with Gasteiger partial charge in [-0.3, -0.25) is 0 Å². The molecule has 128 valence electrons. The second-order valence-corrected chi connectivity index (χ2v) is 4.82. The van der Waals surface area contributed by atoms with Gasteiger partial charge in [0.1, 0.15) is 5.75 Å². The van der Waals surface area contributed by atoms with Crippen molar-refractivity contribution < 1.29 is 28.3 Å². The quantitative estimate of drug-likeness (QED) is 0.569. The van der Waals surface area contributed by atoms with E-state index in [2.05, 4.69) is 5.16 Å². The Hall–Kier alpha value is -2.96. The van der Waals surface area contributed by atoms with Crippen LogP contribution in [0.1, 0.15) is 17.0 Å². The highest BCUT2D eigenvalue weighted by Gasteiger charge is 2.10. The second-order valence-electron chi connectivity index (χ2n) is 4.82. The van der Waals surface area contributed by atoms with Crippen molar-refractivity contribution >= 4 is 12.0 Å². The zero-order valence-electron chi connectivity index (χ0n) is 14.0. The molecule has 0 unspecified atom stereocenters. The standard InChI is InChI=1S/C17H19NO6/c1-11-7-13(24-18-11)10-23-17(19)6-5-12-8-15(21-3)16(22-4)9-14(12)20-2/h5-9H,10H2,1-4H3/b6-5+. The van der Waals surface area contributed by atoms with Gasteiger partial charge in [0.25, 0.3) is 0 Å². The van der Waals surface area contributed by atoms with Gasteiger partial charge in [0.15, 0.2) is 23.9 Å². The fourth-order valence-electron chi connectivity index (χ4n) is 2.02. The maximum atomic E-state index is 11.8. The highest BCUT2D eigenvalue weighted by molar-refractivity contribution is 5.87. The summed E-state index contributed by atoms with van der Waals surface area (Å²) in [5, 5.41) is 3.72. The monoisotopic (exact) mass is 333 g/mol. The summed E-state index contributed by atoms with van der Waals surface area (Å²) < 4.78 is 25.8. The Morgan fingerprint density at radius 1 is 1.08 bits per heavy atom. The van der Waals surface area contributed by atoms with E-state index in [-0.39, 0.29) is 6.61 Å². The van der Waals surface area contributed by atoms with Gasteiger partial charge >= 0.3 is 5.97 Å². The zero-order chi connectivity index (χ0) is 17.5. The summed E-state index contributed by atoms with van der Waals surface area (Å²) in [5.41, 5.74) is 1.38. The van der Waals surface area contributed by atoms with Crippen molar-refractivity contribution in [1.29, 1.82) is 0 Å². The minimum absolute atomic E-state index is 0.0209. The van der Waals surface area contributed by atoms with Crippen molar-refractivity contribution in [3.8, 4) is 17.2 Å². The fraction of sp³-hybridized carbons (Fsp3) is 0.294. The van der Waals surface area contributed by atoms with E-state index in [0.29, 0.717) is 28.6 Å². The third-order valence-electron chi connectivity index (χ3n) is 3.17. The molecular weight excluding hydrogens is 314 g/mol. The van der Waals surface area contributed by atoms with Crippen LogP contribution in [0, 0.1) is 6.92 Å². The highest BCUT2D eigenvalue weighted by Crippen LogP contribution is 2.35. The largest absolute Gasteiger partial charge is 0.496 e. The Morgan fingerprint density at radius 3 is 2.33 bits per heavy atom. The van der Waals surface area contributed by atoms with Gasteiger partial charge in [-0.2, -0.15) is 0 Å². The minimum Gasteiger partial charge on any atom is -0.496 e. The van der Waals surface area contributed by atoms with E-state index in [0.717, 1.165) is 5.69 Å². The number of methoxy groups -OCH3 is 3. The SMILES string of the molecule is COc1cc(OC)c(OC)cc1/C=C/C(=O)OCc1cc(C)no1. The van der Waals surface area contributed by atoms with Crippen molar-refractivity contribution in [2.45, 2.75) is 13.5 Å². The Bertz CT molecular complexity index is 735. The van der Waals surface area contributed by atoms with E-state index in [9.17, 15) is 4.79 Å². The van der Waals surface area contributed by atoms with E-state index in [1.807, 2.05) is 0 Å². The van der Waals surface area contributed by atoms with Gasteiger partial charge in [0, 0.05) is 23.8 Å². The third-order valence-corrected chi connectivity index (χ3v) is 3.17. The van der Waals surface area contributed by atoms with Crippen LogP contribution >= 0.6 is 0 Å². The van der Waals surface area contributed by atoms with Crippen LogP contribution in [0.4, 0.5) is 0 Å². The molecule has 1 aromatic carbocycles. The molecule has 0 aliphatic carbocycles. The number of ether oxygens (including phenoxy) is 4. The third kappa shape index (κ3) is 4.28. The first-order valence-corrected chi connectivity index (χ1v) is 7.14. The lowest BCUT2D eigenvalue weighted by molar-refractivity contribution is -0.139. The van der Waals surface area contributed by atoms with Crippen molar-refractivity contribution in [2.24, 2.45) is 0 Å². The summed E-state index contributed by atoms with van der Waals surface area (Å²) in [5.74, 6) is 1.58. The first-order valence-electron chi connectivity index (χ1n) is 7.14. The number of aromatic nitrogens is 1. The van der Waals surface area contributed by atoms with Gasteiger partial charge < -0.3 is 23.5 Å². The molecule has 0 saturated heterocycles. The predicted molar refractivity (Wildman–Crippen MR) is 86.2 cm³/mol. The van der Waals surface area contributed by atoms with Gasteiger partial charge in [-0.15, -0.1) is 0 Å². The van der Waals surface area contributed by atoms with Crippen LogP contribution < -0.4 is 14.2 Å². The van der Waals surface area contributed by atoms with E-state index >= 15 is 0 Å². The molecule has 24 heavy (non-hydrogen) atoms. The number of hydrogen-bond acceptors (Lipinski definition) is 7. The number of carbonyl (C=O) groups excluding carboxylic acids is 1. The number of hydrogen-bond donors (Lipinski definition) is 0. The van der Waals surface area contributed by atoms with Crippen LogP contribution in [-0.2, 0) is 16.1 Å². The van der Waals surface area contributed by atoms with Crippen LogP contribution in [0.5, 0.6) is 17.2 Å². The summed E-state index contributed by atoms with van der Waals surface area (Å²) >= 11 is 0. The Morgan fingerprint density at radius 2 is 1.75 bits per heavy atom. The smallest absolute Gasteiger partial charge is 0.331 e.